The summed E-state index contributed by atoms with van der Waals surface area (Å²) in [6, 6.07) is 7.58. The number of hydrogen-bond acceptors (Lipinski definition) is 4. The molecule has 1 aliphatic heterocycles. The summed E-state index contributed by atoms with van der Waals surface area (Å²) in [4.78, 5) is 15.5. The fourth-order valence-corrected chi connectivity index (χ4v) is 4.30. The van der Waals surface area contributed by atoms with Crippen molar-refractivity contribution in [1.29, 1.82) is 0 Å². The second-order valence-corrected chi connectivity index (χ2v) is 7.77. The Balaban J connectivity index is 0.00000280. The minimum absolute atomic E-state index is 0. The fourth-order valence-electron chi connectivity index (χ4n) is 4.30. The van der Waals surface area contributed by atoms with E-state index in [1.807, 2.05) is 24.3 Å². The van der Waals surface area contributed by atoms with E-state index in [4.69, 9.17) is 9.47 Å². The summed E-state index contributed by atoms with van der Waals surface area (Å²) in [5.74, 6) is 0.660. The van der Waals surface area contributed by atoms with E-state index in [-0.39, 0.29) is 23.9 Å². The molecule has 1 saturated carbocycles. The lowest BCUT2D eigenvalue weighted by Crippen LogP contribution is -2.59. The SMILES string of the molecule is CCCCOc1ccccc1C(=O)NCC1(N2CCOCC2)CCCCC1.Cl. The Bertz CT molecular complexity index is 599. The Hall–Kier alpha value is -1.30. The van der Waals surface area contributed by atoms with Crippen LogP contribution in [0.15, 0.2) is 24.3 Å². The van der Waals surface area contributed by atoms with Crippen LogP contribution in [0, 0.1) is 0 Å². The molecule has 1 aliphatic carbocycles. The third-order valence-corrected chi connectivity index (χ3v) is 5.93. The average Bonchev–Trinajstić information content (AvgIpc) is 2.74. The van der Waals surface area contributed by atoms with Crippen molar-refractivity contribution in [3.8, 4) is 5.75 Å². The molecule has 0 unspecified atom stereocenters. The van der Waals surface area contributed by atoms with Gasteiger partial charge in [0.15, 0.2) is 0 Å². The molecule has 1 amide bonds. The van der Waals surface area contributed by atoms with E-state index in [1.54, 1.807) is 0 Å². The molecule has 158 valence electrons. The summed E-state index contributed by atoms with van der Waals surface area (Å²) in [5, 5.41) is 3.24. The lowest BCUT2D eigenvalue weighted by atomic mass is 9.79. The number of benzene rings is 1. The van der Waals surface area contributed by atoms with Gasteiger partial charge in [0.1, 0.15) is 5.75 Å². The third-order valence-electron chi connectivity index (χ3n) is 5.93. The van der Waals surface area contributed by atoms with Crippen molar-refractivity contribution in [1.82, 2.24) is 10.2 Å². The molecule has 2 fully saturated rings. The monoisotopic (exact) mass is 410 g/mol. The molecule has 1 N–H and O–H groups in total. The van der Waals surface area contributed by atoms with Crippen LogP contribution in [0.25, 0.3) is 0 Å². The summed E-state index contributed by atoms with van der Waals surface area (Å²) in [6.07, 6.45) is 8.17. The van der Waals surface area contributed by atoms with Crippen LogP contribution in [0.2, 0.25) is 0 Å². The van der Waals surface area contributed by atoms with Gasteiger partial charge in [0.2, 0.25) is 0 Å². The van der Waals surface area contributed by atoms with Gasteiger partial charge in [-0.25, -0.2) is 0 Å². The van der Waals surface area contributed by atoms with Crippen LogP contribution in [0.4, 0.5) is 0 Å². The Morgan fingerprint density at radius 1 is 1.18 bits per heavy atom. The maximum absolute atomic E-state index is 12.9. The molecule has 5 nitrogen and oxygen atoms in total. The van der Waals surface area contributed by atoms with E-state index in [0.717, 1.165) is 52.0 Å². The fraction of sp³-hybridized carbons (Fsp3) is 0.682. The summed E-state index contributed by atoms with van der Waals surface area (Å²) in [6.45, 7) is 7.01. The minimum atomic E-state index is -0.0275. The van der Waals surface area contributed by atoms with Crippen LogP contribution in [-0.2, 0) is 4.74 Å². The van der Waals surface area contributed by atoms with Crippen molar-refractivity contribution in [2.45, 2.75) is 57.4 Å². The van der Waals surface area contributed by atoms with Crippen molar-refractivity contribution < 1.29 is 14.3 Å². The number of hydrogen-bond donors (Lipinski definition) is 1. The largest absolute Gasteiger partial charge is 0.493 e. The Kier molecular flexibility index (Phi) is 9.56. The molecule has 0 bridgehead atoms. The predicted octanol–water partition coefficient (Wildman–Crippen LogP) is 4.05. The Labute approximate surface area is 175 Å². The van der Waals surface area contributed by atoms with Gasteiger partial charge in [-0.2, -0.15) is 0 Å². The lowest BCUT2D eigenvalue weighted by Gasteiger charge is -2.48. The van der Waals surface area contributed by atoms with Crippen molar-refractivity contribution in [2.24, 2.45) is 0 Å². The first-order valence-corrected chi connectivity index (χ1v) is 10.6. The Morgan fingerprint density at radius 3 is 2.61 bits per heavy atom. The van der Waals surface area contributed by atoms with E-state index in [9.17, 15) is 4.79 Å². The van der Waals surface area contributed by atoms with Crippen molar-refractivity contribution in [2.75, 3.05) is 39.5 Å². The molecule has 1 heterocycles. The zero-order valence-electron chi connectivity index (χ0n) is 17.1. The molecule has 1 aromatic rings. The first-order chi connectivity index (χ1) is 13.2. The van der Waals surface area contributed by atoms with Crippen molar-refractivity contribution in [3.63, 3.8) is 0 Å². The molecule has 3 rings (SSSR count). The number of halogens is 1. The summed E-state index contributed by atoms with van der Waals surface area (Å²) < 4.78 is 11.4. The number of amides is 1. The standard InChI is InChI=1S/C22H34N2O3.ClH/c1-2-3-15-27-20-10-6-5-9-19(20)21(25)23-18-22(11-7-4-8-12-22)24-13-16-26-17-14-24;/h5-6,9-10H,2-4,7-8,11-18H2,1H3,(H,23,25);1H. The minimum Gasteiger partial charge on any atom is -0.493 e. The molecule has 2 aliphatic rings. The number of carbonyl (C=O) groups is 1. The van der Waals surface area contributed by atoms with Crippen LogP contribution >= 0.6 is 12.4 Å². The molecular weight excluding hydrogens is 376 g/mol. The normalized spacial score (nSPS) is 19.5. The van der Waals surface area contributed by atoms with Gasteiger partial charge >= 0.3 is 0 Å². The molecule has 0 spiro atoms. The summed E-state index contributed by atoms with van der Waals surface area (Å²) >= 11 is 0. The highest BCUT2D eigenvalue weighted by molar-refractivity contribution is 5.96. The highest BCUT2D eigenvalue weighted by Crippen LogP contribution is 2.34. The first-order valence-electron chi connectivity index (χ1n) is 10.6. The number of carbonyl (C=O) groups excluding carboxylic acids is 1. The highest BCUT2D eigenvalue weighted by Gasteiger charge is 2.38. The Morgan fingerprint density at radius 2 is 1.89 bits per heavy atom. The summed E-state index contributed by atoms with van der Waals surface area (Å²) in [5.41, 5.74) is 0.719. The van der Waals surface area contributed by atoms with Crippen LogP contribution in [0.3, 0.4) is 0 Å². The second kappa shape index (κ2) is 11.6. The van der Waals surface area contributed by atoms with E-state index < -0.39 is 0 Å². The van der Waals surface area contributed by atoms with Crippen LogP contribution in [0.1, 0.15) is 62.2 Å². The molecule has 6 heteroatoms. The molecule has 1 saturated heterocycles. The van der Waals surface area contributed by atoms with E-state index in [0.29, 0.717) is 24.5 Å². The van der Waals surface area contributed by atoms with E-state index >= 15 is 0 Å². The van der Waals surface area contributed by atoms with E-state index in [1.165, 1.54) is 19.3 Å². The van der Waals surface area contributed by atoms with Gasteiger partial charge in [-0.3, -0.25) is 9.69 Å². The number of nitrogens with zero attached hydrogens (tertiary/aromatic N) is 1. The number of morpholine rings is 1. The molecule has 0 radical (unpaired) electrons. The maximum Gasteiger partial charge on any atom is 0.255 e. The number of para-hydroxylation sites is 1. The van der Waals surface area contributed by atoms with Gasteiger partial charge < -0.3 is 14.8 Å². The number of rotatable bonds is 8. The van der Waals surface area contributed by atoms with E-state index in [2.05, 4.69) is 17.1 Å². The first kappa shape index (κ1) is 23.0. The molecule has 1 aromatic carbocycles. The van der Waals surface area contributed by atoms with Crippen LogP contribution < -0.4 is 10.1 Å². The van der Waals surface area contributed by atoms with Crippen molar-refractivity contribution >= 4 is 18.3 Å². The van der Waals surface area contributed by atoms with Crippen LogP contribution in [-0.4, -0.2) is 55.8 Å². The average molecular weight is 411 g/mol. The zero-order valence-corrected chi connectivity index (χ0v) is 17.9. The quantitative estimate of drug-likeness (QED) is 0.657. The summed E-state index contributed by atoms with van der Waals surface area (Å²) in [7, 11) is 0. The van der Waals surface area contributed by atoms with Gasteiger partial charge in [-0.15, -0.1) is 12.4 Å². The number of nitrogens with one attached hydrogen (secondary N) is 1. The zero-order chi connectivity index (χ0) is 19.0. The molecule has 0 atom stereocenters. The highest BCUT2D eigenvalue weighted by atomic mass is 35.5. The predicted molar refractivity (Wildman–Crippen MR) is 115 cm³/mol. The maximum atomic E-state index is 12.9. The van der Waals surface area contributed by atoms with Crippen molar-refractivity contribution in [3.05, 3.63) is 29.8 Å². The van der Waals surface area contributed by atoms with Gasteiger partial charge in [-0.1, -0.05) is 44.7 Å². The smallest absolute Gasteiger partial charge is 0.255 e. The van der Waals surface area contributed by atoms with Gasteiger partial charge in [0, 0.05) is 25.2 Å². The van der Waals surface area contributed by atoms with Gasteiger partial charge in [0.05, 0.1) is 25.4 Å². The number of ether oxygens (including phenoxy) is 2. The third kappa shape index (κ3) is 5.85. The second-order valence-electron chi connectivity index (χ2n) is 7.77. The molecule has 0 aromatic heterocycles. The van der Waals surface area contributed by atoms with Crippen LogP contribution in [0.5, 0.6) is 5.75 Å². The lowest BCUT2D eigenvalue weighted by molar-refractivity contribution is -0.0361. The topological polar surface area (TPSA) is 50.8 Å². The molecule has 28 heavy (non-hydrogen) atoms. The van der Waals surface area contributed by atoms with Gasteiger partial charge in [0.25, 0.3) is 5.91 Å². The molecular formula is C22H35ClN2O3. The van der Waals surface area contributed by atoms with Gasteiger partial charge in [-0.05, 0) is 31.4 Å². The number of unbranched alkanes of at least 4 members (excludes halogenated alkanes) is 1.